The molecule has 29 heteroatoms. The van der Waals surface area contributed by atoms with E-state index in [1.54, 1.807) is 108 Å². The number of carbonyl (C=O) groups excluding carboxylic acids is 2. The van der Waals surface area contributed by atoms with Gasteiger partial charge in [-0.25, -0.2) is 8.78 Å². The van der Waals surface area contributed by atoms with Crippen molar-refractivity contribution in [2.75, 3.05) is 46.2 Å². The molecule has 0 unspecified atom stereocenters. The van der Waals surface area contributed by atoms with Crippen molar-refractivity contribution < 1.29 is 51.9 Å². The predicted octanol–water partition coefficient (Wildman–Crippen LogP) is 23.1. The van der Waals surface area contributed by atoms with Crippen LogP contribution in [0.15, 0.2) is 237 Å². The van der Waals surface area contributed by atoms with Gasteiger partial charge >= 0.3 is 0 Å². The molecule has 0 saturated heterocycles. The van der Waals surface area contributed by atoms with Gasteiger partial charge in [-0.15, -0.1) is 0 Å². The number of ether oxygens (including phenoxy) is 5. The molecule has 1 aliphatic rings. The normalized spacial score (nSPS) is 10.8. The highest BCUT2D eigenvalue weighted by molar-refractivity contribution is 5.97. The maximum absolute atomic E-state index is 13.8. The summed E-state index contributed by atoms with van der Waals surface area (Å²) in [6.45, 7) is 16.2. The summed E-state index contributed by atoms with van der Waals surface area (Å²) in [6.07, 6.45) is 4.77. The second-order valence-electron chi connectivity index (χ2n) is 32.7. The van der Waals surface area contributed by atoms with Gasteiger partial charge in [-0.1, -0.05) is 62.1 Å². The van der Waals surface area contributed by atoms with Gasteiger partial charge in [0.25, 0.3) is 11.4 Å². The van der Waals surface area contributed by atoms with Crippen molar-refractivity contribution >= 4 is 100.0 Å². The maximum Gasteiger partial charge on any atom is 0.271 e. The number of H-pyrrole nitrogens is 1. The van der Waals surface area contributed by atoms with Gasteiger partial charge in [0.05, 0.1) is 117 Å². The molecule has 18 rings (SSSR count). The second kappa shape index (κ2) is 47.0. The summed E-state index contributed by atoms with van der Waals surface area (Å²) in [6, 6.07) is 79.3. The molecule has 1 aliphatic carbocycles. The number of aromatic amines is 1. The Kier molecular flexibility index (Phi) is 33.2. The van der Waals surface area contributed by atoms with E-state index < -0.39 is 9.85 Å². The molecule has 27 nitrogen and oxygen atoms in total. The van der Waals surface area contributed by atoms with Crippen LogP contribution in [0.2, 0.25) is 0 Å². The number of nitriles is 6. The largest absolute Gasteiger partial charge is 0.497 e. The lowest BCUT2D eigenvalue weighted by Gasteiger charge is -2.23. The van der Waals surface area contributed by atoms with Gasteiger partial charge < -0.3 is 62.1 Å². The van der Waals surface area contributed by atoms with Gasteiger partial charge in [0.1, 0.15) is 99.6 Å². The van der Waals surface area contributed by atoms with Crippen LogP contribution in [0.3, 0.4) is 0 Å². The van der Waals surface area contributed by atoms with Crippen molar-refractivity contribution in [1.82, 2.24) is 27.8 Å². The lowest BCUT2D eigenvalue weighted by molar-refractivity contribution is -0.384. The predicted molar refractivity (Wildman–Crippen MR) is 550 cm³/mol. The highest BCUT2D eigenvalue weighted by Gasteiger charge is 2.27. The third-order valence-electron chi connectivity index (χ3n) is 23.9. The summed E-state index contributed by atoms with van der Waals surface area (Å²) in [5.41, 5.74) is 16.3. The summed E-state index contributed by atoms with van der Waals surface area (Å²) in [4.78, 5) is 47.4. The lowest BCUT2D eigenvalue weighted by Crippen LogP contribution is -2.27. The summed E-state index contributed by atoms with van der Waals surface area (Å²) in [5.74, 6) is 27.6. The number of hydrogen-bond acceptors (Lipinski definition) is 17. The molecule has 0 aliphatic heterocycles. The molecule has 0 spiro atoms. The van der Waals surface area contributed by atoms with Crippen LogP contribution in [-0.2, 0) is 35.8 Å². The van der Waals surface area contributed by atoms with Crippen LogP contribution in [0.25, 0.3) is 71.1 Å². The topological polar surface area (TPSA) is 374 Å². The van der Waals surface area contributed by atoms with E-state index in [4.69, 9.17) is 28.9 Å². The minimum atomic E-state index is -0.457. The fourth-order valence-electron chi connectivity index (χ4n) is 16.2. The number of hydrogen-bond donors (Lipinski definition) is 3. The molecule has 1 fully saturated rings. The van der Waals surface area contributed by atoms with Crippen molar-refractivity contribution in [3.05, 3.63) is 353 Å². The van der Waals surface area contributed by atoms with Crippen molar-refractivity contribution in [2.45, 2.75) is 93.9 Å². The number of nitro groups is 2. The van der Waals surface area contributed by atoms with E-state index in [2.05, 4.69) is 99.4 Å². The van der Waals surface area contributed by atoms with Crippen LogP contribution < -0.4 is 34.3 Å². The van der Waals surface area contributed by atoms with E-state index in [1.165, 1.54) is 42.5 Å². The van der Waals surface area contributed by atoms with Crippen molar-refractivity contribution in [1.29, 1.82) is 31.6 Å². The number of nitrogens with one attached hydrogen (secondary N) is 3. The number of aromatic nitrogens is 6. The monoisotopic (exact) mass is 1910 g/mol. The number of non-ortho nitro benzene ring substituents is 2. The number of methoxy groups -OCH3 is 5. The number of nitro benzene ring substituents is 2. The van der Waals surface area contributed by atoms with Crippen LogP contribution >= 0.6 is 0 Å². The van der Waals surface area contributed by atoms with Crippen LogP contribution in [0.4, 0.5) is 31.5 Å². The van der Waals surface area contributed by atoms with Gasteiger partial charge in [0.2, 0.25) is 11.8 Å². The zero-order chi connectivity index (χ0) is 103. The molecule has 6 aromatic heterocycles. The van der Waals surface area contributed by atoms with E-state index in [1.807, 2.05) is 193 Å². The summed E-state index contributed by atoms with van der Waals surface area (Å²) < 4.78 is 63.1. The van der Waals surface area contributed by atoms with Crippen LogP contribution in [0.1, 0.15) is 145 Å². The first kappa shape index (κ1) is 102. The van der Waals surface area contributed by atoms with E-state index in [9.17, 15) is 64.9 Å². The Morgan fingerprint density at radius 3 is 1.19 bits per heavy atom. The third-order valence-corrected chi connectivity index (χ3v) is 23.9. The van der Waals surface area contributed by atoms with E-state index in [0.29, 0.717) is 121 Å². The van der Waals surface area contributed by atoms with Crippen molar-refractivity contribution in [3.63, 3.8) is 0 Å². The summed E-state index contributed by atoms with van der Waals surface area (Å²) >= 11 is 0. The van der Waals surface area contributed by atoms with Crippen molar-refractivity contribution in [2.24, 2.45) is 11.8 Å². The molecule has 3 N–H and O–H groups in total. The van der Waals surface area contributed by atoms with Gasteiger partial charge in [0, 0.05) is 165 Å². The molecular weight excluding hydrogens is 1820 g/mol. The Balaban J connectivity index is 0.000000146. The molecular formula is C115H94F2N16O11. The molecule has 714 valence electrons. The molecule has 0 atom stereocenters. The average molecular weight is 1910 g/mol. The summed E-state index contributed by atoms with van der Waals surface area (Å²) in [7, 11) is 8.04. The second-order valence-corrected chi connectivity index (χ2v) is 32.7. The van der Waals surface area contributed by atoms with Crippen LogP contribution in [0, 0.1) is 166 Å². The Bertz CT molecular complexity index is 8390. The van der Waals surface area contributed by atoms with Gasteiger partial charge in [-0.3, -0.25) is 29.8 Å². The van der Waals surface area contributed by atoms with Crippen molar-refractivity contribution in [3.8, 4) is 118 Å². The first-order valence-corrected chi connectivity index (χ1v) is 45.6. The fourth-order valence-corrected chi connectivity index (χ4v) is 16.2. The number of nitrogens with zero attached hydrogens (tertiary/aromatic N) is 13. The Morgan fingerprint density at radius 1 is 0.417 bits per heavy atom. The molecule has 6 heterocycles. The minimum Gasteiger partial charge on any atom is -0.497 e. The molecule has 1 saturated carbocycles. The molecule has 0 bridgehead atoms. The first-order valence-electron chi connectivity index (χ1n) is 45.6. The molecule has 17 aromatic rings. The number of fused-ring (bicyclic) bond motifs is 6. The Hall–Kier alpha value is -19.6. The highest BCUT2D eigenvalue weighted by atomic mass is 19.1. The van der Waals surface area contributed by atoms with Gasteiger partial charge in [0.15, 0.2) is 0 Å². The number of aryl methyl sites for hydroxylation is 5. The first-order chi connectivity index (χ1) is 69.7. The standard InChI is InChI=1S/C25H23N3O2.C24H23N3O2.2C20H15FN2O.C16H11N3O3.C10H7N3O2/c1-3-28-23(22(16-26)21-13-12-20(30-2)15-24(21)28)14-9-17-7-10-19(11-8-17)27-25(29)18-5-4-6-18;1-5-27-22(21(15-25)20-12-11-19(29-4)14-23(20)27)13-8-17-6-9-18(10-7-17)26-24(28)16(2)3;1-3-23-19(10-7-14-5-4-6-15(21)11-14)18(13-22)17-9-8-16(24-2)12-20(17)23;1-3-23-19(11-8-14-6-4-5-7-18(14)21)17(13-22)16-10-9-15(24-2)12-20(16)23;1-22-14-5-2-12(3-6-14)18-10-11(9-17)15-7-4-13(19(20)21)8-16(15)18;1-6-9(5-11)8-3-2-7(13(14)15)4-10(8)12-6/h7-8,10-13,15,18H,3-6H2,1-2H3,(H,27,29);6-7,9-12,14,16H,5H2,1-4H3,(H,26,28);4-6,8-9,11-12H,3H2,1-2H3;4-7,9-10,12H,3H2,1-2H3;2-8,10H,1H3;2-4,12H,1H3. The fraction of sp³-hybridized carbons (Fsp3) is 0.183. The zero-order valence-electron chi connectivity index (χ0n) is 80.7. The minimum absolute atomic E-state index is 0.00940. The van der Waals surface area contributed by atoms with Crippen LogP contribution in [-0.4, -0.2) is 85.0 Å². The third kappa shape index (κ3) is 22.8. The SMILES string of the molecule is CCn1c(C#Cc2ccc(NC(=O)C(C)C)cc2)c(C#N)c2ccc(OC)cc21.CCn1c(C#Cc2ccc(NC(=O)C3CCC3)cc2)c(C#N)c2ccc(OC)cc21.CCn1c(C#Cc2cccc(F)c2)c(C#N)c2ccc(OC)cc21.CCn1c(C#Cc2ccccc2F)c(C#N)c2ccc(OC)cc21.COc1ccc(-n2cc(C#N)c3ccc([N+](=O)[O-])cc32)cc1.Cc1[nH]c2cc([N+](=O)[O-])ccc2c1C#N. The van der Waals surface area contributed by atoms with Gasteiger partial charge in [-0.05, 0) is 235 Å². The maximum atomic E-state index is 13.8. The smallest absolute Gasteiger partial charge is 0.271 e. The van der Waals surface area contributed by atoms with Crippen LogP contribution in [0.5, 0.6) is 28.7 Å². The molecule has 11 aromatic carbocycles. The van der Waals surface area contributed by atoms with E-state index in [0.717, 1.165) is 119 Å². The van der Waals surface area contributed by atoms with Gasteiger partial charge in [-0.2, -0.15) is 31.6 Å². The molecule has 144 heavy (non-hydrogen) atoms. The molecule has 2 amide bonds. The average Bonchev–Trinajstić information content (AvgIpc) is 1.63. The van der Waals surface area contributed by atoms with E-state index >= 15 is 0 Å². The quantitative estimate of drug-likeness (QED) is 0.0459. The number of carbonyl (C=O) groups is 2. The lowest BCUT2D eigenvalue weighted by atomic mass is 9.85. The Morgan fingerprint density at radius 2 is 0.812 bits per heavy atom. The number of halogens is 2. The highest BCUT2D eigenvalue weighted by Crippen LogP contribution is 2.37. The number of amides is 2. The Labute approximate surface area is 829 Å². The van der Waals surface area contributed by atoms with E-state index in [-0.39, 0.29) is 46.7 Å². The summed E-state index contributed by atoms with van der Waals surface area (Å²) in [5, 5.41) is 88.8. The zero-order valence-corrected chi connectivity index (χ0v) is 80.7. The number of rotatable bonds is 16. The number of anilines is 2. The molecule has 0 radical (unpaired) electrons. The number of benzene rings is 11.